The van der Waals surface area contributed by atoms with E-state index < -0.39 is 0 Å². The van der Waals surface area contributed by atoms with E-state index in [0.29, 0.717) is 6.61 Å². The molecule has 92 valence electrons. The van der Waals surface area contributed by atoms with Gasteiger partial charge in [-0.05, 0) is 50.5 Å². The largest absolute Gasteiger partial charge is 0.494 e. The first kappa shape index (κ1) is 12.0. The van der Waals surface area contributed by atoms with E-state index in [1.54, 1.807) is 0 Å². The van der Waals surface area contributed by atoms with Crippen molar-refractivity contribution >= 4 is 10.9 Å². The average Bonchev–Trinajstić information content (AvgIpc) is 2.69. The van der Waals surface area contributed by atoms with Gasteiger partial charge in [0.2, 0.25) is 0 Å². The van der Waals surface area contributed by atoms with Crippen molar-refractivity contribution in [2.24, 2.45) is 5.73 Å². The average molecular weight is 232 g/mol. The molecule has 3 nitrogen and oxygen atoms in total. The van der Waals surface area contributed by atoms with Crippen molar-refractivity contribution in [2.75, 3.05) is 6.61 Å². The van der Waals surface area contributed by atoms with E-state index in [1.807, 2.05) is 19.9 Å². The Hall–Kier alpha value is -1.48. The number of hydrogen-bond acceptors (Lipinski definition) is 2. The van der Waals surface area contributed by atoms with Gasteiger partial charge < -0.3 is 15.5 Å². The Kier molecular flexibility index (Phi) is 3.69. The summed E-state index contributed by atoms with van der Waals surface area (Å²) in [6.45, 7) is 4.74. The number of aromatic nitrogens is 1. The molecule has 1 unspecified atom stereocenters. The topological polar surface area (TPSA) is 51.0 Å². The molecular formula is C14H20N2O. The number of H-pyrrole nitrogens is 1. The first-order valence-electron chi connectivity index (χ1n) is 6.19. The van der Waals surface area contributed by atoms with Gasteiger partial charge in [0, 0.05) is 23.1 Å². The number of benzene rings is 1. The number of aryl methyl sites for hydroxylation is 1. The number of rotatable bonds is 5. The number of ether oxygens (including phenoxy) is 1. The molecule has 0 radical (unpaired) electrons. The molecule has 17 heavy (non-hydrogen) atoms. The van der Waals surface area contributed by atoms with Crippen LogP contribution in [-0.2, 0) is 6.42 Å². The Balaban J connectivity index is 2.26. The third-order valence-corrected chi connectivity index (χ3v) is 2.92. The molecule has 0 amide bonds. The Morgan fingerprint density at radius 1 is 1.41 bits per heavy atom. The predicted molar refractivity (Wildman–Crippen MR) is 71.4 cm³/mol. The van der Waals surface area contributed by atoms with Crippen LogP contribution in [0.5, 0.6) is 5.75 Å². The van der Waals surface area contributed by atoms with Gasteiger partial charge in [0.15, 0.2) is 0 Å². The molecule has 0 bridgehead atoms. The van der Waals surface area contributed by atoms with Crippen LogP contribution in [0.3, 0.4) is 0 Å². The van der Waals surface area contributed by atoms with Crippen LogP contribution in [0.25, 0.3) is 10.9 Å². The fourth-order valence-corrected chi connectivity index (χ4v) is 2.00. The van der Waals surface area contributed by atoms with Crippen molar-refractivity contribution in [3.05, 3.63) is 30.0 Å². The Labute approximate surface area is 102 Å². The fourth-order valence-electron chi connectivity index (χ4n) is 2.00. The zero-order chi connectivity index (χ0) is 12.3. The van der Waals surface area contributed by atoms with E-state index in [0.717, 1.165) is 24.1 Å². The molecule has 3 heteroatoms. The van der Waals surface area contributed by atoms with Gasteiger partial charge in [-0.2, -0.15) is 0 Å². The van der Waals surface area contributed by atoms with Gasteiger partial charge in [-0.3, -0.25) is 0 Å². The van der Waals surface area contributed by atoms with Crippen molar-refractivity contribution in [3.8, 4) is 5.75 Å². The third-order valence-electron chi connectivity index (χ3n) is 2.92. The number of fused-ring (bicyclic) bond motifs is 1. The highest BCUT2D eigenvalue weighted by molar-refractivity contribution is 5.84. The van der Waals surface area contributed by atoms with Gasteiger partial charge in [0.1, 0.15) is 5.75 Å². The van der Waals surface area contributed by atoms with Crippen LogP contribution >= 0.6 is 0 Å². The predicted octanol–water partition coefficient (Wildman–Crippen LogP) is 2.85. The summed E-state index contributed by atoms with van der Waals surface area (Å²) in [4.78, 5) is 3.28. The normalized spacial score (nSPS) is 12.9. The lowest BCUT2D eigenvalue weighted by Gasteiger charge is -2.05. The summed E-state index contributed by atoms with van der Waals surface area (Å²) in [5, 5.41) is 1.25. The van der Waals surface area contributed by atoms with E-state index in [9.17, 15) is 0 Å². The molecule has 0 saturated carbocycles. The van der Waals surface area contributed by atoms with E-state index in [4.69, 9.17) is 10.5 Å². The summed E-state index contributed by atoms with van der Waals surface area (Å²) in [5.74, 6) is 0.932. The summed E-state index contributed by atoms with van der Waals surface area (Å²) in [7, 11) is 0. The van der Waals surface area contributed by atoms with Crippen molar-refractivity contribution in [1.29, 1.82) is 0 Å². The molecule has 0 spiro atoms. The Morgan fingerprint density at radius 3 is 2.94 bits per heavy atom. The minimum atomic E-state index is 0.245. The number of nitrogens with two attached hydrogens (primary N) is 1. The molecule has 1 heterocycles. The molecule has 2 aromatic rings. The lowest BCUT2D eigenvalue weighted by atomic mass is 10.1. The van der Waals surface area contributed by atoms with Crippen LogP contribution in [0.15, 0.2) is 24.4 Å². The first-order chi connectivity index (χ1) is 8.20. The van der Waals surface area contributed by atoms with Gasteiger partial charge in [0.05, 0.1) is 6.61 Å². The monoisotopic (exact) mass is 232 g/mol. The van der Waals surface area contributed by atoms with E-state index in [2.05, 4.69) is 23.3 Å². The molecule has 0 saturated heterocycles. The molecule has 0 fully saturated rings. The smallest absolute Gasteiger partial charge is 0.120 e. The molecule has 0 aliphatic rings. The van der Waals surface area contributed by atoms with Crippen LogP contribution in [0.2, 0.25) is 0 Å². The van der Waals surface area contributed by atoms with Crippen molar-refractivity contribution < 1.29 is 4.74 Å². The lowest BCUT2D eigenvalue weighted by molar-refractivity contribution is 0.340. The molecule has 3 N–H and O–H groups in total. The fraction of sp³-hybridized carbons (Fsp3) is 0.429. The number of nitrogens with one attached hydrogen (secondary N) is 1. The molecule has 1 atom stereocenters. The van der Waals surface area contributed by atoms with E-state index in [-0.39, 0.29) is 6.04 Å². The second kappa shape index (κ2) is 5.23. The number of hydrogen-bond donors (Lipinski definition) is 2. The summed E-state index contributed by atoms with van der Waals surface area (Å²) >= 11 is 0. The lowest BCUT2D eigenvalue weighted by Crippen LogP contribution is -2.15. The highest BCUT2D eigenvalue weighted by Crippen LogP contribution is 2.24. The maximum absolute atomic E-state index is 5.80. The maximum atomic E-state index is 5.80. The molecule has 2 rings (SSSR count). The minimum absolute atomic E-state index is 0.245. The Morgan fingerprint density at radius 2 is 2.24 bits per heavy atom. The van der Waals surface area contributed by atoms with Crippen LogP contribution < -0.4 is 10.5 Å². The van der Waals surface area contributed by atoms with Crippen molar-refractivity contribution in [3.63, 3.8) is 0 Å². The van der Waals surface area contributed by atoms with Gasteiger partial charge in [-0.1, -0.05) is 0 Å². The van der Waals surface area contributed by atoms with Gasteiger partial charge in [0.25, 0.3) is 0 Å². The number of aromatic amines is 1. The zero-order valence-corrected chi connectivity index (χ0v) is 10.5. The van der Waals surface area contributed by atoms with Crippen molar-refractivity contribution in [1.82, 2.24) is 4.98 Å². The third kappa shape index (κ3) is 2.80. The molecule has 0 aliphatic heterocycles. The second-order valence-electron chi connectivity index (χ2n) is 4.47. The van der Waals surface area contributed by atoms with Crippen LogP contribution in [0.4, 0.5) is 0 Å². The summed E-state index contributed by atoms with van der Waals surface area (Å²) in [6.07, 6.45) is 4.09. The molecular weight excluding hydrogens is 212 g/mol. The van der Waals surface area contributed by atoms with Crippen LogP contribution in [0.1, 0.15) is 25.8 Å². The molecule has 1 aromatic heterocycles. The first-order valence-corrected chi connectivity index (χ1v) is 6.19. The van der Waals surface area contributed by atoms with E-state index >= 15 is 0 Å². The van der Waals surface area contributed by atoms with Gasteiger partial charge in [-0.25, -0.2) is 0 Å². The van der Waals surface area contributed by atoms with Crippen LogP contribution in [-0.4, -0.2) is 17.6 Å². The van der Waals surface area contributed by atoms with Crippen molar-refractivity contribution in [2.45, 2.75) is 32.7 Å². The standard InChI is InChI=1S/C14H20N2O/c1-3-17-12-6-7-14-13(8-12)11(9-16-14)5-4-10(2)15/h6-10,16H,3-5,15H2,1-2H3. The SMILES string of the molecule is CCOc1ccc2[nH]cc(CCC(C)N)c2c1. The summed E-state index contributed by atoms with van der Waals surface area (Å²) < 4.78 is 5.53. The summed E-state index contributed by atoms with van der Waals surface area (Å²) in [6, 6.07) is 6.41. The second-order valence-corrected chi connectivity index (χ2v) is 4.47. The quantitative estimate of drug-likeness (QED) is 0.832. The van der Waals surface area contributed by atoms with Gasteiger partial charge in [-0.15, -0.1) is 0 Å². The molecule has 1 aromatic carbocycles. The van der Waals surface area contributed by atoms with Crippen LogP contribution in [0, 0.1) is 0 Å². The minimum Gasteiger partial charge on any atom is -0.494 e. The molecule has 0 aliphatic carbocycles. The zero-order valence-electron chi connectivity index (χ0n) is 10.5. The van der Waals surface area contributed by atoms with E-state index in [1.165, 1.54) is 10.9 Å². The Bertz CT molecular complexity index is 488. The highest BCUT2D eigenvalue weighted by Gasteiger charge is 2.06. The summed E-state index contributed by atoms with van der Waals surface area (Å²) in [5.41, 5.74) is 8.27. The highest BCUT2D eigenvalue weighted by atomic mass is 16.5. The maximum Gasteiger partial charge on any atom is 0.120 e. The van der Waals surface area contributed by atoms with Gasteiger partial charge >= 0.3 is 0 Å².